The van der Waals surface area contributed by atoms with Gasteiger partial charge in [0.25, 0.3) is 0 Å². The van der Waals surface area contributed by atoms with E-state index in [4.69, 9.17) is 18.9 Å². The van der Waals surface area contributed by atoms with Gasteiger partial charge in [0, 0.05) is 0 Å². The molecule has 4 heteroatoms. The van der Waals surface area contributed by atoms with Crippen molar-refractivity contribution in [2.45, 2.75) is 57.6 Å². The Kier molecular flexibility index (Phi) is 2.87. The van der Waals surface area contributed by atoms with Crippen molar-refractivity contribution in [1.29, 1.82) is 0 Å². The van der Waals surface area contributed by atoms with Crippen LogP contribution >= 0.6 is 0 Å². The van der Waals surface area contributed by atoms with Crippen LogP contribution in [0.5, 0.6) is 0 Å². The third kappa shape index (κ3) is 2.30. The summed E-state index contributed by atoms with van der Waals surface area (Å²) in [6, 6.07) is 0. The van der Waals surface area contributed by atoms with E-state index in [9.17, 15) is 0 Å². The fourth-order valence-corrected chi connectivity index (χ4v) is 2.16. The summed E-state index contributed by atoms with van der Waals surface area (Å²) in [7, 11) is 0. The summed E-state index contributed by atoms with van der Waals surface area (Å²) in [5, 5.41) is 0. The molecule has 2 rings (SSSR count). The van der Waals surface area contributed by atoms with E-state index in [1.807, 2.05) is 27.7 Å². The lowest BCUT2D eigenvalue weighted by Crippen LogP contribution is -2.37. The minimum absolute atomic E-state index is 0.0974. The van der Waals surface area contributed by atoms with Crippen LogP contribution in [-0.4, -0.2) is 36.5 Å². The van der Waals surface area contributed by atoms with Crippen LogP contribution in [-0.2, 0) is 18.9 Å². The van der Waals surface area contributed by atoms with E-state index in [0.29, 0.717) is 6.61 Å². The maximum Gasteiger partial charge on any atom is 0.164 e. The molecule has 0 bridgehead atoms. The molecule has 0 aromatic rings. The van der Waals surface area contributed by atoms with E-state index < -0.39 is 11.6 Å². The Hall–Kier alpha value is -0.420. The zero-order valence-corrected chi connectivity index (χ0v) is 10.4. The van der Waals surface area contributed by atoms with Crippen LogP contribution in [0.15, 0.2) is 12.7 Å². The first kappa shape index (κ1) is 12.0. The summed E-state index contributed by atoms with van der Waals surface area (Å²) in [6.07, 6.45) is 1.38. The quantitative estimate of drug-likeness (QED) is 0.676. The lowest BCUT2D eigenvalue weighted by molar-refractivity contribution is -0.174. The third-order valence-electron chi connectivity index (χ3n) is 2.79. The largest absolute Gasteiger partial charge is 0.348 e. The van der Waals surface area contributed by atoms with Gasteiger partial charge in [0.15, 0.2) is 11.6 Å². The first-order chi connectivity index (χ1) is 7.33. The van der Waals surface area contributed by atoms with Crippen molar-refractivity contribution in [3.63, 3.8) is 0 Å². The van der Waals surface area contributed by atoms with Crippen LogP contribution in [0.2, 0.25) is 0 Å². The molecule has 16 heavy (non-hydrogen) atoms. The van der Waals surface area contributed by atoms with Crippen LogP contribution < -0.4 is 0 Å². The fourth-order valence-electron chi connectivity index (χ4n) is 2.16. The van der Waals surface area contributed by atoms with Crippen molar-refractivity contribution in [2.24, 2.45) is 0 Å². The van der Waals surface area contributed by atoms with Gasteiger partial charge in [-0.25, -0.2) is 0 Å². The third-order valence-corrected chi connectivity index (χ3v) is 2.79. The first-order valence-corrected chi connectivity index (χ1v) is 5.63. The Morgan fingerprint density at radius 3 is 2.25 bits per heavy atom. The van der Waals surface area contributed by atoms with Crippen molar-refractivity contribution in [1.82, 2.24) is 0 Å². The van der Waals surface area contributed by atoms with Gasteiger partial charge in [-0.3, -0.25) is 0 Å². The van der Waals surface area contributed by atoms with Gasteiger partial charge in [-0.15, -0.1) is 6.58 Å². The Bertz CT molecular complexity index is 285. The van der Waals surface area contributed by atoms with E-state index in [0.717, 1.165) is 0 Å². The van der Waals surface area contributed by atoms with Gasteiger partial charge in [0.05, 0.1) is 6.61 Å². The SMILES string of the molecule is C=C[C@H]1OC(C)(C)O[C@@H]1[C@H]1COC(C)(C)O1. The lowest BCUT2D eigenvalue weighted by atomic mass is 10.1. The van der Waals surface area contributed by atoms with Crippen molar-refractivity contribution in [3.8, 4) is 0 Å². The number of ether oxygens (including phenoxy) is 4. The van der Waals surface area contributed by atoms with Gasteiger partial charge >= 0.3 is 0 Å². The standard InChI is InChI=1S/C12H20O4/c1-6-8-10(16-12(4,5)14-8)9-7-13-11(2,3)15-9/h6,8-10H,1,7H2,2-5H3/t8-,9-,10+/m1/s1. The van der Waals surface area contributed by atoms with Gasteiger partial charge in [-0.05, 0) is 27.7 Å². The van der Waals surface area contributed by atoms with Gasteiger partial charge in [0.2, 0.25) is 0 Å². The minimum Gasteiger partial charge on any atom is -0.348 e. The van der Waals surface area contributed by atoms with Crippen LogP contribution in [0, 0.1) is 0 Å². The average Bonchev–Trinajstić information content (AvgIpc) is 2.65. The summed E-state index contributed by atoms with van der Waals surface area (Å²) in [6.45, 7) is 11.9. The predicted molar refractivity (Wildman–Crippen MR) is 58.9 cm³/mol. The molecular formula is C12H20O4. The molecule has 0 aromatic carbocycles. The summed E-state index contributed by atoms with van der Waals surface area (Å²) in [5.74, 6) is -1.12. The highest BCUT2D eigenvalue weighted by Gasteiger charge is 2.48. The summed E-state index contributed by atoms with van der Waals surface area (Å²) >= 11 is 0. The Balaban J connectivity index is 2.07. The molecule has 2 aliphatic rings. The molecule has 92 valence electrons. The van der Waals surface area contributed by atoms with E-state index in [1.54, 1.807) is 6.08 Å². The fraction of sp³-hybridized carbons (Fsp3) is 0.833. The molecule has 0 amide bonds. The topological polar surface area (TPSA) is 36.9 Å². The molecular weight excluding hydrogens is 208 g/mol. The molecule has 0 unspecified atom stereocenters. The van der Waals surface area contributed by atoms with Crippen molar-refractivity contribution in [3.05, 3.63) is 12.7 Å². The molecule has 0 N–H and O–H groups in total. The molecule has 0 saturated carbocycles. The van der Waals surface area contributed by atoms with Crippen molar-refractivity contribution < 1.29 is 18.9 Å². The normalized spacial score (nSPS) is 41.1. The molecule has 0 radical (unpaired) electrons. The highest BCUT2D eigenvalue weighted by atomic mass is 16.8. The number of rotatable bonds is 2. The van der Waals surface area contributed by atoms with Crippen LogP contribution in [0.25, 0.3) is 0 Å². The molecule has 0 spiro atoms. The molecule has 0 aliphatic carbocycles. The number of hydrogen-bond acceptors (Lipinski definition) is 4. The van der Waals surface area contributed by atoms with Gasteiger partial charge in [0.1, 0.15) is 18.3 Å². The molecule has 2 saturated heterocycles. The maximum atomic E-state index is 5.83. The van der Waals surface area contributed by atoms with Crippen molar-refractivity contribution in [2.75, 3.05) is 6.61 Å². The van der Waals surface area contributed by atoms with Gasteiger partial charge in [-0.2, -0.15) is 0 Å². The van der Waals surface area contributed by atoms with Gasteiger partial charge < -0.3 is 18.9 Å². The highest BCUT2D eigenvalue weighted by molar-refractivity contribution is 4.98. The van der Waals surface area contributed by atoms with Crippen LogP contribution in [0.3, 0.4) is 0 Å². The predicted octanol–water partition coefficient (Wildman–Crippen LogP) is 1.84. The van der Waals surface area contributed by atoms with Crippen LogP contribution in [0.4, 0.5) is 0 Å². The molecule has 2 fully saturated rings. The van der Waals surface area contributed by atoms with Crippen molar-refractivity contribution >= 4 is 0 Å². The smallest absolute Gasteiger partial charge is 0.164 e. The zero-order chi connectivity index (χ0) is 12.0. The maximum absolute atomic E-state index is 5.83. The molecule has 4 nitrogen and oxygen atoms in total. The molecule has 2 heterocycles. The summed E-state index contributed by atoms with van der Waals surface area (Å²) < 4.78 is 22.9. The van der Waals surface area contributed by atoms with Gasteiger partial charge in [-0.1, -0.05) is 6.08 Å². The summed E-state index contributed by atoms with van der Waals surface area (Å²) in [4.78, 5) is 0. The van der Waals surface area contributed by atoms with E-state index in [2.05, 4.69) is 6.58 Å². The molecule has 0 aromatic heterocycles. The monoisotopic (exact) mass is 228 g/mol. The van der Waals surface area contributed by atoms with E-state index >= 15 is 0 Å². The number of hydrogen-bond donors (Lipinski definition) is 0. The second kappa shape index (κ2) is 3.81. The zero-order valence-electron chi connectivity index (χ0n) is 10.4. The lowest BCUT2D eigenvalue weighted by Gasteiger charge is -2.22. The second-order valence-electron chi connectivity index (χ2n) is 5.17. The Morgan fingerprint density at radius 2 is 1.75 bits per heavy atom. The highest BCUT2D eigenvalue weighted by Crippen LogP contribution is 2.35. The molecule has 2 aliphatic heterocycles. The first-order valence-electron chi connectivity index (χ1n) is 5.63. The second-order valence-corrected chi connectivity index (χ2v) is 5.17. The Labute approximate surface area is 96.5 Å². The van der Waals surface area contributed by atoms with E-state index in [-0.39, 0.29) is 18.3 Å². The summed E-state index contributed by atoms with van der Waals surface area (Å²) in [5.41, 5.74) is 0. The van der Waals surface area contributed by atoms with E-state index in [1.165, 1.54) is 0 Å². The minimum atomic E-state index is -0.584. The molecule has 3 atom stereocenters. The Morgan fingerprint density at radius 1 is 1.06 bits per heavy atom. The average molecular weight is 228 g/mol. The van der Waals surface area contributed by atoms with Crippen LogP contribution in [0.1, 0.15) is 27.7 Å².